The maximum absolute atomic E-state index is 11.9. The van der Waals surface area contributed by atoms with Crippen LogP contribution in [0.4, 0.5) is 0 Å². The van der Waals surface area contributed by atoms with Crippen molar-refractivity contribution in [3.05, 3.63) is 0 Å². The van der Waals surface area contributed by atoms with Crippen molar-refractivity contribution in [1.82, 2.24) is 9.03 Å². The number of rotatable bonds is 5. The van der Waals surface area contributed by atoms with Gasteiger partial charge in [-0.05, 0) is 18.8 Å². The van der Waals surface area contributed by atoms with Gasteiger partial charge in [-0.2, -0.15) is 17.4 Å². The van der Waals surface area contributed by atoms with Crippen molar-refractivity contribution in [2.45, 2.75) is 18.9 Å². The molecule has 0 aromatic heterocycles. The van der Waals surface area contributed by atoms with E-state index in [9.17, 15) is 13.2 Å². The van der Waals surface area contributed by atoms with Gasteiger partial charge in [-0.15, -0.1) is 0 Å². The Labute approximate surface area is 99.9 Å². The molecular weight excluding hydrogens is 248 g/mol. The number of aliphatic carboxylic acids is 1. The number of carboxylic acids is 1. The maximum atomic E-state index is 11.9. The summed E-state index contributed by atoms with van der Waals surface area (Å²) >= 11 is 0. The van der Waals surface area contributed by atoms with Crippen molar-refractivity contribution < 1.29 is 23.1 Å². The van der Waals surface area contributed by atoms with Crippen LogP contribution in [0.15, 0.2) is 0 Å². The van der Waals surface area contributed by atoms with Gasteiger partial charge in [0.25, 0.3) is 10.2 Å². The predicted octanol–water partition coefficient (Wildman–Crippen LogP) is -0.984. The lowest BCUT2D eigenvalue weighted by molar-refractivity contribution is -0.139. The molecule has 0 radical (unpaired) electrons. The van der Waals surface area contributed by atoms with Gasteiger partial charge in [-0.3, -0.25) is 4.79 Å². The Bertz CT molecular complexity index is 386. The fourth-order valence-corrected chi connectivity index (χ4v) is 3.19. The van der Waals surface area contributed by atoms with E-state index in [1.807, 2.05) is 0 Å². The minimum absolute atomic E-state index is 0.0664. The molecule has 7 nitrogen and oxygen atoms in total. The van der Waals surface area contributed by atoms with Crippen LogP contribution in [0.25, 0.3) is 0 Å². The van der Waals surface area contributed by atoms with Gasteiger partial charge in [0.2, 0.25) is 0 Å². The van der Waals surface area contributed by atoms with Gasteiger partial charge in [0.15, 0.2) is 0 Å². The van der Waals surface area contributed by atoms with E-state index in [-0.39, 0.29) is 19.0 Å². The number of nitrogens with zero attached hydrogens (tertiary/aromatic N) is 1. The third kappa shape index (κ3) is 3.15. The molecule has 1 aliphatic heterocycles. The van der Waals surface area contributed by atoms with Gasteiger partial charge in [-0.25, -0.2) is 0 Å². The number of ether oxygens (including phenoxy) is 1. The predicted molar refractivity (Wildman–Crippen MR) is 58.6 cm³/mol. The van der Waals surface area contributed by atoms with E-state index in [4.69, 9.17) is 9.84 Å². The highest BCUT2D eigenvalue weighted by atomic mass is 32.2. The molecule has 1 heterocycles. The smallest absolute Gasteiger partial charge is 0.322 e. The zero-order valence-corrected chi connectivity index (χ0v) is 10.1. The fraction of sp³-hybridized carbons (Fsp3) is 0.889. The highest BCUT2D eigenvalue weighted by Crippen LogP contribution is 2.33. The molecule has 2 rings (SSSR count). The van der Waals surface area contributed by atoms with Crippen molar-refractivity contribution in [2.24, 2.45) is 5.92 Å². The van der Waals surface area contributed by atoms with Gasteiger partial charge < -0.3 is 9.84 Å². The molecule has 8 heteroatoms. The third-order valence-corrected chi connectivity index (χ3v) is 4.54. The summed E-state index contributed by atoms with van der Waals surface area (Å²) in [6, 6.07) is -0.997. The number of hydrogen-bond donors (Lipinski definition) is 2. The summed E-state index contributed by atoms with van der Waals surface area (Å²) in [6.45, 7) is 1.24. The highest BCUT2D eigenvalue weighted by molar-refractivity contribution is 7.87. The Balaban J connectivity index is 2.01. The van der Waals surface area contributed by atoms with Crippen LogP contribution in [0, 0.1) is 5.92 Å². The number of carboxylic acid groups (broad SMARTS) is 1. The normalized spacial score (nSPS) is 24.5. The molecule has 0 amide bonds. The summed E-state index contributed by atoms with van der Waals surface area (Å²) in [5.41, 5.74) is 0. The minimum Gasteiger partial charge on any atom is -0.480 e. The molecule has 1 atom stereocenters. The third-order valence-electron chi connectivity index (χ3n) is 2.95. The van der Waals surface area contributed by atoms with Gasteiger partial charge in [-0.1, -0.05) is 0 Å². The number of hydrogen-bond acceptors (Lipinski definition) is 4. The Morgan fingerprint density at radius 1 is 1.35 bits per heavy atom. The second-order valence-electron chi connectivity index (χ2n) is 4.29. The average molecular weight is 264 g/mol. The zero-order valence-electron chi connectivity index (χ0n) is 9.33. The molecule has 0 bridgehead atoms. The molecule has 17 heavy (non-hydrogen) atoms. The second-order valence-corrected chi connectivity index (χ2v) is 5.99. The number of nitrogens with one attached hydrogen (secondary N) is 1. The molecule has 0 aromatic carbocycles. The fourth-order valence-electron chi connectivity index (χ4n) is 1.80. The lowest BCUT2D eigenvalue weighted by Gasteiger charge is -2.27. The second kappa shape index (κ2) is 4.89. The Hall–Kier alpha value is -0.700. The van der Waals surface area contributed by atoms with E-state index in [0.717, 1.165) is 12.8 Å². The molecule has 1 unspecified atom stereocenters. The van der Waals surface area contributed by atoms with Crippen LogP contribution >= 0.6 is 0 Å². The Kier molecular flexibility index (Phi) is 3.67. The summed E-state index contributed by atoms with van der Waals surface area (Å²) in [5.74, 6) is -1.17. The van der Waals surface area contributed by atoms with Crippen molar-refractivity contribution in [3.63, 3.8) is 0 Å². The van der Waals surface area contributed by atoms with Crippen LogP contribution in [-0.2, 0) is 19.7 Å². The van der Waals surface area contributed by atoms with Gasteiger partial charge >= 0.3 is 5.97 Å². The lowest BCUT2D eigenvalue weighted by Crippen LogP contribution is -2.52. The summed E-state index contributed by atoms with van der Waals surface area (Å²) < 4.78 is 32.4. The van der Waals surface area contributed by atoms with E-state index >= 15 is 0 Å². The SMILES string of the molecule is O=C(O)C(NS(=O)(=O)N1CCOCC1)C1CC1. The molecule has 1 aliphatic carbocycles. The molecule has 2 aliphatic rings. The molecule has 1 saturated carbocycles. The van der Waals surface area contributed by atoms with Crippen LogP contribution in [-0.4, -0.2) is 56.1 Å². The maximum Gasteiger partial charge on any atom is 0.322 e. The molecule has 0 spiro atoms. The topological polar surface area (TPSA) is 95.9 Å². The first-order chi connectivity index (χ1) is 8.00. The van der Waals surface area contributed by atoms with Crippen molar-refractivity contribution in [2.75, 3.05) is 26.3 Å². The monoisotopic (exact) mass is 264 g/mol. The Morgan fingerprint density at radius 3 is 2.41 bits per heavy atom. The quantitative estimate of drug-likeness (QED) is 0.665. The van der Waals surface area contributed by atoms with Crippen LogP contribution in [0.2, 0.25) is 0 Å². The summed E-state index contributed by atoms with van der Waals surface area (Å²) in [6.07, 6.45) is 1.53. The van der Waals surface area contributed by atoms with Crippen molar-refractivity contribution >= 4 is 16.2 Å². The zero-order chi connectivity index (χ0) is 12.5. The van der Waals surface area contributed by atoms with Gasteiger partial charge in [0, 0.05) is 13.1 Å². The van der Waals surface area contributed by atoms with E-state index in [1.165, 1.54) is 4.31 Å². The first kappa shape index (κ1) is 12.7. The van der Waals surface area contributed by atoms with Crippen LogP contribution in [0.3, 0.4) is 0 Å². The first-order valence-corrected chi connectivity index (χ1v) is 7.02. The van der Waals surface area contributed by atoms with Gasteiger partial charge in [0.1, 0.15) is 6.04 Å². The van der Waals surface area contributed by atoms with E-state index in [1.54, 1.807) is 0 Å². The lowest BCUT2D eigenvalue weighted by atomic mass is 10.2. The standard InChI is InChI=1S/C9H16N2O5S/c12-9(13)8(7-1-2-7)10-17(14,15)11-3-5-16-6-4-11/h7-8,10H,1-6H2,(H,12,13). The first-order valence-electron chi connectivity index (χ1n) is 5.58. The number of morpholine rings is 1. The van der Waals surface area contributed by atoms with Crippen LogP contribution in [0.1, 0.15) is 12.8 Å². The minimum atomic E-state index is -3.71. The van der Waals surface area contributed by atoms with Gasteiger partial charge in [0.05, 0.1) is 13.2 Å². The molecular formula is C9H16N2O5S. The van der Waals surface area contributed by atoms with E-state index in [2.05, 4.69) is 4.72 Å². The molecule has 2 fully saturated rings. The molecule has 98 valence electrons. The molecule has 1 saturated heterocycles. The molecule has 0 aromatic rings. The van der Waals surface area contributed by atoms with E-state index in [0.29, 0.717) is 13.2 Å². The highest BCUT2D eigenvalue weighted by Gasteiger charge is 2.40. The number of carbonyl (C=O) groups is 1. The summed E-state index contributed by atoms with van der Waals surface area (Å²) in [7, 11) is -3.71. The van der Waals surface area contributed by atoms with Crippen molar-refractivity contribution in [3.8, 4) is 0 Å². The molecule has 2 N–H and O–H groups in total. The Morgan fingerprint density at radius 2 is 1.94 bits per heavy atom. The van der Waals surface area contributed by atoms with Crippen LogP contribution < -0.4 is 4.72 Å². The average Bonchev–Trinajstić information content (AvgIpc) is 3.11. The van der Waals surface area contributed by atoms with Crippen molar-refractivity contribution in [1.29, 1.82) is 0 Å². The van der Waals surface area contributed by atoms with Crippen LogP contribution in [0.5, 0.6) is 0 Å². The largest absolute Gasteiger partial charge is 0.480 e. The van der Waals surface area contributed by atoms with E-state index < -0.39 is 22.2 Å². The summed E-state index contributed by atoms with van der Waals surface area (Å²) in [5, 5.41) is 8.98. The summed E-state index contributed by atoms with van der Waals surface area (Å²) in [4.78, 5) is 11.0.